The van der Waals surface area contributed by atoms with Crippen molar-refractivity contribution in [2.24, 2.45) is 0 Å². The molecule has 0 saturated carbocycles. The van der Waals surface area contributed by atoms with Crippen LogP contribution in [0.1, 0.15) is 38.4 Å². The van der Waals surface area contributed by atoms with Crippen molar-refractivity contribution < 1.29 is 9.21 Å². The first kappa shape index (κ1) is 13.5. The van der Waals surface area contributed by atoms with E-state index in [1.54, 1.807) is 18.0 Å². The molecule has 0 bridgehead atoms. The van der Waals surface area contributed by atoms with Gasteiger partial charge in [-0.2, -0.15) is 0 Å². The van der Waals surface area contributed by atoms with Gasteiger partial charge >= 0.3 is 0 Å². The van der Waals surface area contributed by atoms with Gasteiger partial charge in [-0.1, -0.05) is 6.92 Å². The average Bonchev–Trinajstić information content (AvgIpc) is 2.91. The van der Waals surface area contributed by atoms with Crippen molar-refractivity contribution in [3.8, 4) is 0 Å². The monoisotopic (exact) mass is 267 g/mol. The molecule has 1 aliphatic rings. The predicted octanol–water partition coefficient (Wildman–Crippen LogP) is 3.30. The van der Waals surface area contributed by atoms with E-state index in [-0.39, 0.29) is 5.91 Å². The molecule has 1 aromatic rings. The minimum Gasteiger partial charge on any atom is -0.468 e. The Bertz CT molecular complexity index is 364. The maximum Gasteiger partial charge on any atom is 0.232 e. The molecule has 2 heterocycles. The Morgan fingerprint density at radius 1 is 1.56 bits per heavy atom. The summed E-state index contributed by atoms with van der Waals surface area (Å²) >= 11 is 1.64. The van der Waals surface area contributed by atoms with Gasteiger partial charge in [0.15, 0.2) is 0 Å². The van der Waals surface area contributed by atoms with Crippen LogP contribution < -0.4 is 0 Å². The maximum absolute atomic E-state index is 12.2. The van der Waals surface area contributed by atoms with Gasteiger partial charge in [0.1, 0.15) is 5.76 Å². The van der Waals surface area contributed by atoms with Crippen molar-refractivity contribution >= 4 is 17.7 Å². The third-order valence-electron chi connectivity index (χ3n) is 3.47. The summed E-state index contributed by atoms with van der Waals surface area (Å²) in [5.74, 6) is 2.58. The van der Waals surface area contributed by atoms with Crippen LogP contribution in [-0.2, 0) is 10.5 Å². The molecule has 1 amide bonds. The molecule has 1 aliphatic heterocycles. The zero-order valence-electron chi connectivity index (χ0n) is 10.9. The number of carbonyl (C=O) groups excluding carboxylic acids is 1. The summed E-state index contributed by atoms with van der Waals surface area (Å²) in [5, 5.41) is 0. The third-order valence-corrected chi connectivity index (χ3v) is 4.41. The number of furan rings is 1. The molecule has 1 fully saturated rings. The zero-order chi connectivity index (χ0) is 12.8. The van der Waals surface area contributed by atoms with Crippen LogP contribution in [0, 0.1) is 0 Å². The smallest absolute Gasteiger partial charge is 0.232 e. The number of rotatable bonds is 5. The quantitative estimate of drug-likeness (QED) is 0.820. The van der Waals surface area contributed by atoms with Crippen LogP contribution >= 0.6 is 11.8 Å². The second-order valence-corrected chi connectivity index (χ2v) is 5.70. The second kappa shape index (κ2) is 6.88. The van der Waals surface area contributed by atoms with Gasteiger partial charge in [-0.3, -0.25) is 4.79 Å². The molecule has 1 atom stereocenters. The molecule has 2 rings (SSSR count). The van der Waals surface area contributed by atoms with Crippen LogP contribution in [0.25, 0.3) is 0 Å². The molecule has 0 aromatic carbocycles. The van der Waals surface area contributed by atoms with Crippen molar-refractivity contribution in [1.29, 1.82) is 0 Å². The summed E-state index contributed by atoms with van der Waals surface area (Å²) in [4.78, 5) is 14.3. The van der Waals surface area contributed by atoms with Crippen LogP contribution in [0.3, 0.4) is 0 Å². The van der Waals surface area contributed by atoms with E-state index in [1.807, 2.05) is 12.1 Å². The van der Waals surface area contributed by atoms with E-state index in [1.165, 1.54) is 12.8 Å². The number of amides is 1. The number of likely N-dealkylation sites (tertiary alicyclic amines) is 1. The summed E-state index contributed by atoms with van der Waals surface area (Å²) in [7, 11) is 0. The van der Waals surface area contributed by atoms with Gasteiger partial charge in [-0.25, -0.2) is 0 Å². The summed E-state index contributed by atoms with van der Waals surface area (Å²) in [6, 6.07) is 4.30. The number of thioether (sulfide) groups is 1. The summed E-state index contributed by atoms with van der Waals surface area (Å²) in [6.45, 7) is 3.12. The van der Waals surface area contributed by atoms with Gasteiger partial charge in [-0.15, -0.1) is 11.8 Å². The average molecular weight is 267 g/mol. The molecule has 100 valence electrons. The molecular weight excluding hydrogens is 246 g/mol. The van der Waals surface area contributed by atoms with Gasteiger partial charge in [0.25, 0.3) is 0 Å². The van der Waals surface area contributed by atoms with Crippen molar-refractivity contribution in [3.63, 3.8) is 0 Å². The molecular formula is C14H21NO2S. The van der Waals surface area contributed by atoms with E-state index in [2.05, 4.69) is 11.8 Å². The first-order chi connectivity index (χ1) is 8.81. The van der Waals surface area contributed by atoms with Crippen LogP contribution in [0.15, 0.2) is 22.8 Å². The second-order valence-electron chi connectivity index (χ2n) is 4.72. The maximum atomic E-state index is 12.2. The minimum absolute atomic E-state index is 0.290. The first-order valence-corrected chi connectivity index (χ1v) is 7.86. The van der Waals surface area contributed by atoms with Gasteiger partial charge in [0, 0.05) is 12.6 Å². The fourth-order valence-corrected chi connectivity index (χ4v) is 3.28. The summed E-state index contributed by atoms with van der Waals surface area (Å²) in [6.07, 6.45) is 6.35. The van der Waals surface area contributed by atoms with E-state index < -0.39 is 0 Å². The van der Waals surface area contributed by atoms with Crippen LogP contribution in [0.2, 0.25) is 0 Å². The van der Waals surface area contributed by atoms with E-state index in [0.717, 1.165) is 30.9 Å². The van der Waals surface area contributed by atoms with Crippen molar-refractivity contribution in [3.05, 3.63) is 24.2 Å². The van der Waals surface area contributed by atoms with Crippen LogP contribution in [0.5, 0.6) is 0 Å². The van der Waals surface area contributed by atoms with Gasteiger partial charge in [0.2, 0.25) is 5.91 Å². The first-order valence-electron chi connectivity index (χ1n) is 6.71. The lowest BCUT2D eigenvalue weighted by Crippen LogP contribution is -2.44. The van der Waals surface area contributed by atoms with Crippen molar-refractivity contribution in [1.82, 2.24) is 4.90 Å². The highest BCUT2D eigenvalue weighted by molar-refractivity contribution is 7.99. The Morgan fingerprint density at radius 3 is 3.17 bits per heavy atom. The van der Waals surface area contributed by atoms with E-state index in [0.29, 0.717) is 11.8 Å². The highest BCUT2D eigenvalue weighted by atomic mass is 32.2. The van der Waals surface area contributed by atoms with Gasteiger partial charge in [-0.05, 0) is 37.8 Å². The molecule has 0 aliphatic carbocycles. The molecule has 0 radical (unpaired) electrons. The largest absolute Gasteiger partial charge is 0.468 e. The van der Waals surface area contributed by atoms with Gasteiger partial charge < -0.3 is 9.32 Å². The van der Waals surface area contributed by atoms with Crippen molar-refractivity contribution in [2.75, 3.05) is 12.3 Å². The summed E-state index contributed by atoms with van der Waals surface area (Å²) < 4.78 is 5.26. The number of carbonyl (C=O) groups is 1. The Balaban J connectivity index is 1.76. The number of nitrogens with zero attached hydrogens (tertiary/aromatic N) is 1. The van der Waals surface area contributed by atoms with E-state index >= 15 is 0 Å². The van der Waals surface area contributed by atoms with Gasteiger partial charge in [0.05, 0.1) is 17.8 Å². The number of hydrogen-bond acceptors (Lipinski definition) is 3. The van der Waals surface area contributed by atoms with E-state index in [9.17, 15) is 4.79 Å². The molecule has 18 heavy (non-hydrogen) atoms. The Labute approximate surface area is 113 Å². The zero-order valence-corrected chi connectivity index (χ0v) is 11.7. The van der Waals surface area contributed by atoms with Crippen LogP contribution in [-0.4, -0.2) is 29.1 Å². The molecule has 0 unspecified atom stereocenters. The lowest BCUT2D eigenvalue weighted by atomic mass is 10.0. The number of hydrogen-bond donors (Lipinski definition) is 0. The standard InChI is InChI=1S/C14H21NO2S/c1-2-12-6-3-4-8-15(12)14(16)11-18-10-13-7-5-9-17-13/h5,7,9,12H,2-4,6,8,10-11H2,1H3/t12-/m1/s1. The SMILES string of the molecule is CC[C@@H]1CCCCN1C(=O)CSCc1ccco1. The molecule has 0 N–H and O–H groups in total. The Morgan fingerprint density at radius 2 is 2.44 bits per heavy atom. The van der Waals surface area contributed by atoms with Crippen LogP contribution in [0.4, 0.5) is 0 Å². The third kappa shape index (κ3) is 3.55. The van der Waals surface area contributed by atoms with E-state index in [4.69, 9.17) is 4.42 Å². The topological polar surface area (TPSA) is 33.5 Å². The molecule has 1 saturated heterocycles. The molecule has 0 spiro atoms. The minimum atomic E-state index is 0.290. The normalized spacial score (nSPS) is 20.1. The lowest BCUT2D eigenvalue weighted by molar-refractivity contribution is -0.132. The highest BCUT2D eigenvalue weighted by Crippen LogP contribution is 2.21. The van der Waals surface area contributed by atoms with Crippen molar-refractivity contribution in [2.45, 2.75) is 44.4 Å². The number of piperidine rings is 1. The Kier molecular flexibility index (Phi) is 5.17. The predicted molar refractivity (Wildman–Crippen MR) is 74.5 cm³/mol. The fraction of sp³-hybridized carbons (Fsp3) is 0.643. The fourth-order valence-electron chi connectivity index (χ4n) is 2.47. The highest BCUT2D eigenvalue weighted by Gasteiger charge is 2.24. The lowest BCUT2D eigenvalue weighted by Gasteiger charge is -2.35. The molecule has 1 aromatic heterocycles. The Hall–Kier alpha value is -0.900. The summed E-state index contributed by atoms with van der Waals surface area (Å²) in [5.41, 5.74) is 0. The molecule has 4 heteroatoms. The molecule has 3 nitrogen and oxygen atoms in total.